The van der Waals surface area contributed by atoms with Crippen LogP contribution >= 0.6 is 0 Å². The zero-order chi connectivity index (χ0) is 26.4. The SMILES string of the molecule is CC(C)(C)OC(=O)NC(CO)C(=O)N(C(C(=O)NC1CCCCC1)c1ccccc1O)C(C)(C)C. The van der Waals surface area contributed by atoms with Crippen LogP contribution in [0.4, 0.5) is 4.79 Å². The van der Waals surface area contributed by atoms with Crippen LogP contribution in [0.5, 0.6) is 5.75 Å². The van der Waals surface area contributed by atoms with E-state index in [0.29, 0.717) is 0 Å². The summed E-state index contributed by atoms with van der Waals surface area (Å²) in [4.78, 5) is 41.1. The molecule has 0 radical (unpaired) electrons. The molecule has 196 valence electrons. The fraction of sp³-hybridized carbons (Fsp3) is 0.654. The molecule has 2 rings (SSSR count). The lowest BCUT2D eigenvalue weighted by Crippen LogP contribution is -2.60. The average molecular weight is 492 g/mol. The number of amides is 3. The molecule has 3 amide bonds. The van der Waals surface area contributed by atoms with Gasteiger partial charge in [-0.25, -0.2) is 4.79 Å². The number of rotatable bonds is 7. The van der Waals surface area contributed by atoms with Crippen molar-refractivity contribution in [3.05, 3.63) is 29.8 Å². The van der Waals surface area contributed by atoms with Gasteiger partial charge in [-0.15, -0.1) is 0 Å². The van der Waals surface area contributed by atoms with Gasteiger partial charge in [0, 0.05) is 17.1 Å². The number of para-hydroxylation sites is 1. The first-order valence-corrected chi connectivity index (χ1v) is 12.3. The summed E-state index contributed by atoms with van der Waals surface area (Å²) in [7, 11) is 0. The Balaban J connectivity index is 2.46. The first kappa shape index (κ1) is 28.4. The van der Waals surface area contributed by atoms with Gasteiger partial charge in [0.25, 0.3) is 0 Å². The highest BCUT2D eigenvalue weighted by Crippen LogP contribution is 2.35. The monoisotopic (exact) mass is 491 g/mol. The van der Waals surface area contributed by atoms with E-state index >= 15 is 0 Å². The van der Waals surface area contributed by atoms with Crippen LogP contribution in [0.25, 0.3) is 0 Å². The summed E-state index contributed by atoms with van der Waals surface area (Å²) in [5.41, 5.74) is -1.44. The van der Waals surface area contributed by atoms with E-state index in [-0.39, 0.29) is 17.4 Å². The highest BCUT2D eigenvalue weighted by Gasteiger charge is 2.43. The standard InChI is InChI=1S/C26H41N3O6/c1-25(2,3)29(23(33)19(16-30)28-24(34)35-26(4,5)6)21(18-14-10-11-15-20(18)31)22(32)27-17-12-8-7-9-13-17/h10-11,14-15,17,19,21,30-31H,7-9,12-13,16H2,1-6H3,(H,27,32)(H,28,34). The predicted molar refractivity (Wildman–Crippen MR) is 133 cm³/mol. The molecule has 0 heterocycles. The van der Waals surface area contributed by atoms with Crippen molar-refractivity contribution < 1.29 is 29.3 Å². The number of phenols is 1. The van der Waals surface area contributed by atoms with Gasteiger partial charge >= 0.3 is 6.09 Å². The van der Waals surface area contributed by atoms with Crippen molar-refractivity contribution in [2.24, 2.45) is 0 Å². The molecule has 1 saturated carbocycles. The molecule has 1 aromatic carbocycles. The summed E-state index contributed by atoms with van der Waals surface area (Å²) in [6, 6.07) is 3.84. The summed E-state index contributed by atoms with van der Waals surface area (Å²) in [6.07, 6.45) is 3.99. The highest BCUT2D eigenvalue weighted by molar-refractivity contribution is 5.93. The lowest BCUT2D eigenvalue weighted by Gasteiger charge is -2.43. The summed E-state index contributed by atoms with van der Waals surface area (Å²) >= 11 is 0. The van der Waals surface area contributed by atoms with Gasteiger partial charge in [-0.1, -0.05) is 37.5 Å². The number of aliphatic hydroxyl groups excluding tert-OH is 1. The fourth-order valence-electron chi connectivity index (χ4n) is 4.29. The van der Waals surface area contributed by atoms with E-state index < -0.39 is 47.7 Å². The Kier molecular flexibility index (Phi) is 9.54. The third-order valence-corrected chi connectivity index (χ3v) is 5.82. The van der Waals surface area contributed by atoms with Crippen molar-refractivity contribution in [3.63, 3.8) is 0 Å². The van der Waals surface area contributed by atoms with Gasteiger partial charge in [-0.3, -0.25) is 9.59 Å². The minimum absolute atomic E-state index is 0.0185. The second kappa shape index (κ2) is 11.7. The Morgan fingerprint density at radius 2 is 1.66 bits per heavy atom. The topological polar surface area (TPSA) is 128 Å². The van der Waals surface area contributed by atoms with Crippen LogP contribution in [-0.4, -0.2) is 62.9 Å². The smallest absolute Gasteiger partial charge is 0.408 e. The number of nitrogens with zero attached hydrogens (tertiary/aromatic N) is 1. The predicted octanol–water partition coefficient (Wildman–Crippen LogP) is 3.39. The van der Waals surface area contributed by atoms with Crippen LogP contribution in [0.15, 0.2) is 24.3 Å². The third kappa shape index (κ3) is 8.13. The molecule has 4 N–H and O–H groups in total. The van der Waals surface area contributed by atoms with Gasteiger partial charge in [-0.05, 0) is 60.5 Å². The van der Waals surface area contributed by atoms with Crippen LogP contribution in [0.1, 0.15) is 85.3 Å². The molecule has 0 spiro atoms. The number of aromatic hydroxyl groups is 1. The van der Waals surface area contributed by atoms with E-state index in [4.69, 9.17) is 4.74 Å². The van der Waals surface area contributed by atoms with E-state index in [2.05, 4.69) is 10.6 Å². The molecule has 0 bridgehead atoms. The van der Waals surface area contributed by atoms with Crippen molar-refractivity contribution >= 4 is 17.9 Å². The number of hydrogen-bond acceptors (Lipinski definition) is 6. The number of carbonyl (C=O) groups is 3. The number of alkyl carbamates (subject to hydrolysis) is 1. The molecular weight excluding hydrogens is 450 g/mol. The minimum atomic E-state index is -1.35. The molecule has 1 aliphatic carbocycles. The fourth-order valence-corrected chi connectivity index (χ4v) is 4.29. The number of carbonyl (C=O) groups excluding carboxylic acids is 3. The first-order chi connectivity index (χ1) is 16.2. The molecule has 0 aromatic heterocycles. The van der Waals surface area contributed by atoms with Crippen molar-refractivity contribution in [1.82, 2.24) is 15.5 Å². The number of hydrogen-bond donors (Lipinski definition) is 4. The lowest BCUT2D eigenvalue weighted by molar-refractivity contribution is -0.149. The summed E-state index contributed by atoms with van der Waals surface area (Å²) in [5, 5.41) is 26.1. The van der Waals surface area contributed by atoms with E-state index in [1.165, 1.54) is 11.0 Å². The molecular formula is C26H41N3O6. The van der Waals surface area contributed by atoms with E-state index in [0.717, 1.165) is 32.1 Å². The maximum absolute atomic E-state index is 13.8. The molecule has 2 atom stereocenters. The van der Waals surface area contributed by atoms with Crippen molar-refractivity contribution in [1.29, 1.82) is 0 Å². The van der Waals surface area contributed by atoms with Crippen molar-refractivity contribution in [2.75, 3.05) is 6.61 Å². The highest BCUT2D eigenvalue weighted by atomic mass is 16.6. The molecule has 2 unspecified atom stereocenters. The molecule has 1 aliphatic rings. The zero-order valence-corrected chi connectivity index (χ0v) is 21.8. The normalized spacial score (nSPS) is 16.7. The lowest BCUT2D eigenvalue weighted by atomic mass is 9.92. The number of ether oxygens (including phenoxy) is 1. The van der Waals surface area contributed by atoms with Crippen LogP contribution in [0, 0.1) is 0 Å². The van der Waals surface area contributed by atoms with Gasteiger partial charge in [0.15, 0.2) is 0 Å². The maximum atomic E-state index is 13.8. The molecule has 9 nitrogen and oxygen atoms in total. The Morgan fingerprint density at radius 1 is 1.06 bits per heavy atom. The number of nitrogens with one attached hydrogen (secondary N) is 2. The molecule has 0 aliphatic heterocycles. The van der Waals surface area contributed by atoms with Crippen LogP contribution in [-0.2, 0) is 14.3 Å². The maximum Gasteiger partial charge on any atom is 0.408 e. The number of benzene rings is 1. The molecule has 1 fully saturated rings. The molecule has 9 heteroatoms. The molecule has 35 heavy (non-hydrogen) atoms. The quantitative estimate of drug-likeness (QED) is 0.463. The number of phenolic OH excluding ortho intramolecular Hbond substituents is 1. The molecule has 0 saturated heterocycles. The Hall–Kier alpha value is -2.81. The molecule has 1 aromatic rings. The summed E-state index contributed by atoms with van der Waals surface area (Å²) < 4.78 is 5.25. The third-order valence-electron chi connectivity index (χ3n) is 5.82. The zero-order valence-electron chi connectivity index (χ0n) is 21.8. The second-order valence-electron chi connectivity index (χ2n) is 11.1. The van der Waals surface area contributed by atoms with Gasteiger partial charge < -0.3 is 30.5 Å². The minimum Gasteiger partial charge on any atom is -0.508 e. The van der Waals surface area contributed by atoms with Gasteiger partial charge in [0.1, 0.15) is 23.4 Å². The van der Waals surface area contributed by atoms with E-state index in [1.54, 1.807) is 59.7 Å². The van der Waals surface area contributed by atoms with E-state index in [9.17, 15) is 24.6 Å². The van der Waals surface area contributed by atoms with Gasteiger partial charge in [-0.2, -0.15) is 0 Å². The Labute approximate surface area is 208 Å². The second-order valence-corrected chi connectivity index (χ2v) is 11.1. The summed E-state index contributed by atoms with van der Waals surface area (Å²) in [6.45, 7) is 9.65. The first-order valence-electron chi connectivity index (χ1n) is 12.3. The number of aliphatic hydroxyl groups is 1. The van der Waals surface area contributed by atoms with Crippen molar-refractivity contribution in [3.8, 4) is 5.75 Å². The van der Waals surface area contributed by atoms with Crippen molar-refractivity contribution in [2.45, 2.75) is 103 Å². The Morgan fingerprint density at radius 3 is 2.17 bits per heavy atom. The van der Waals surface area contributed by atoms with Gasteiger partial charge in [0.2, 0.25) is 11.8 Å². The average Bonchev–Trinajstić information content (AvgIpc) is 2.74. The van der Waals surface area contributed by atoms with Crippen LogP contribution in [0.3, 0.4) is 0 Å². The summed E-state index contributed by atoms with van der Waals surface area (Å²) in [5.74, 6) is -1.22. The van der Waals surface area contributed by atoms with Crippen LogP contribution in [0.2, 0.25) is 0 Å². The van der Waals surface area contributed by atoms with Gasteiger partial charge in [0.05, 0.1) is 6.61 Å². The van der Waals surface area contributed by atoms with Crippen LogP contribution < -0.4 is 10.6 Å². The largest absolute Gasteiger partial charge is 0.508 e. The van der Waals surface area contributed by atoms with E-state index in [1.807, 2.05) is 0 Å². The Bertz CT molecular complexity index is 884.